The molecular formula is C35H34O6. The highest BCUT2D eigenvalue weighted by molar-refractivity contribution is 5.87. The van der Waals surface area contributed by atoms with Crippen molar-refractivity contribution >= 4 is 0 Å². The first-order chi connectivity index (χ1) is 19.9. The largest absolute Gasteiger partial charge is 0.490 e. The Morgan fingerprint density at radius 2 is 1.05 bits per heavy atom. The Kier molecular flexibility index (Phi) is 8.15. The van der Waals surface area contributed by atoms with Crippen molar-refractivity contribution in [3.8, 4) is 34.1 Å². The van der Waals surface area contributed by atoms with E-state index in [9.17, 15) is 10.2 Å². The molecule has 41 heavy (non-hydrogen) atoms. The van der Waals surface area contributed by atoms with Gasteiger partial charge in [-0.2, -0.15) is 0 Å². The molecule has 1 aliphatic rings. The second-order valence-corrected chi connectivity index (χ2v) is 10.0. The Bertz CT molecular complexity index is 1440. The van der Waals surface area contributed by atoms with Crippen molar-refractivity contribution < 1.29 is 29.2 Å². The lowest BCUT2D eigenvalue weighted by Crippen LogP contribution is -2.31. The van der Waals surface area contributed by atoms with Gasteiger partial charge < -0.3 is 29.2 Å². The summed E-state index contributed by atoms with van der Waals surface area (Å²) >= 11 is 0. The van der Waals surface area contributed by atoms with Gasteiger partial charge >= 0.3 is 0 Å². The lowest BCUT2D eigenvalue weighted by atomic mass is 9.67. The number of aliphatic hydroxyl groups is 2. The quantitative estimate of drug-likeness (QED) is 0.170. The van der Waals surface area contributed by atoms with Crippen LogP contribution in [0.3, 0.4) is 0 Å². The predicted molar refractivity (Wildman–Crippen MR) is 160 cm³/mol. The Balaban J connectivity index is 1.89. The van der Waals surface area contributed by atoms with Crippen LogP contribution in [0.15, 0.2) is 111 Å². The van der Waals surface area contributed by atoms with E-state index in [1.807, 2.05) is 60.7 Å². The van der Waals surface area contributed by atoms with Crippen molar-refractivity contribution in [2.45, 2.75) is 31.5 Å². The van der Waals surface area contributed by atoms with E-state index in [2.05, 4.69) is 37.4 Å². The average Bonchev–Trinajstić information content (AvgIpc) is 3.26. The molecule has 210 valence electrons. The maximum atomic E-state index is 10.1. The summed E-state index contributed by atoms with van der Waals surface area (Å²) in [6.45, 7) is 10.9. The van der Waals surface area contributed by atoms with E-state index in [0.29, 0.717) is 23.0 Å². The van der Waals surface area contributed by atoms with Crippen molar-refractivity contribution in [1.29, 1.82) is 0 Å². The highest BCUT2D eigenvalue weighted by Gasteiger charge is 2.49. The van der Waals surface area contributed by atoms with Gasteiger partial charge in [-0.25, -0.2) is 0 Å². The number of fused-ring (bicyclic) bond motifs is 3. The van der Waals surface area contributed by atoms with E-state index in [1.165, 1.54) is 12.5 Å². The molecule has 0 spiro atoms. The first-order valence-electron chi connectivity index (χ1n) is 13.6. The van der Waals surface area contributed by atoms with E-state index in [-0.39, 0.29) is 13.2 Å². The number of ether oxygens (including phenoxy) is 4. The highest BCUT2D eigenvalue weighted by Crippen LogP contribution is 2.60. The van der Waals surface area contributed by atoms with Crippen LogP contribution in [-0.2, 0) is 5.41 Å². The Hall–Kier alpha value is -4.52. The van der Waals surface area contributed by atoms with Crippen molar-refractivity contribution in [3.63, 3.8) is 0 Å². The second kappa shape index (κ2) is 11.9. The standard InChI is InChI=1S/C35H34O6/c1-5-38-25-15-17-31(33(19-25)40-21-23(3)36)35(29-13-9-7-11-27(29)28-12-8-10-14-30(28)35)32-18-16-26(39-6-2)20-34(32)41-22-24(4)37/h5-20,23-24,36-37H,1-2,21-22H2,3-4H3. The average molecular weight is 551 g/mol. The summed E-state index contributed by atoms with van der Waals surface area (Å²) in [6.07, 6.45) is 1.35. The highest BCUT2D eigenvalue weighted by atomic mass is 16.5. The molecule has 0 amide bonds. The van der Waals surface area contributed by atoms with Crippen molar-refractivity contribution in [2.24, 2.45) is 0 Å². The smallest absolute Gasteiger partial charge is 0.130 e. The summed E-state index contributed by atoms with van der Waals surface area (Å²) in [4.78, 5) is 0. The minimum atomic E-state index is -0.894. The molecular weight excluding hydrogens is 516 g/mol. The molecule has 6 heteroatoms. The monoisotopic (exact) mass is 550 g/mol. The van der Waals surface area contributed by atoms with Crippen LogP contribution in [0.25, 0.3) is 11.1 Å². The number of hydrogen-bond acceptors (Lipinski definition) is 6. The van der Waals surface area contributed by atoms with E-state index in [0.717, 1.165) is 33.4 Å². The third-order valence-electron chi connectivity index (χ3n) is 7.07. The molecule has 0 saturated carbocycles. The van der Waals surface area contributed by atoms with Gasteiger partial charge in [0.05, 0.1) is 30.1 Å². The lowest BCUT2D eigenvalue weighted by Gasteiger charge is -2.36. The zero-order valence-corrected chi connectivity index (χ0v) is 23.2. The molecule has 0 fully saturated rings. The number of rotatable bonds is 12. The van der Waals surface area contributed by atoms with Crippen LogP contribution in [0, 0.1) is 0 Å². The molecule has 0 bridgehead atoms. The third kappa shape index (κ3) is 5.20. The third-order valence-corrected chi connectivity index (χ3v) is 7.07. The summed E-state index contributed by atoms with van der Waals surface area (Å²) < 4.78 is 23.8. The van der Waals surface area contributed by atoms with Crippen LogP contribution >= 0.6 is 0 Å². The van der Waals surface area contributed by atoms with Gasteiger partial charge in [-0.05, 0) is 48.2 Å². The number of benzene rings is 4. The molecule has 0 saturated heterocycles. The molecule has 2 N–H and O–H groups in total. The van der Waals surface area contributed by atoms with Crippen LogP contribution in [0.5, 0.6) is 23.0 Å². The Morgan fingerprint density at radius 3 is 1.44 bits per heavy atom. The van der Waals surface area contributed by atoms with Gasteiger partial charge in [0.25, 0.3) is 0 Å². The number of aliphatic hydroxyl groups excluding tert-OH is 2. The topological polar surface area (TPSA) is 77.4 Å². The van der Waals surface area contributed by atoms with Gasteiger partial charge in [0, 0.05) is 23.3 Å². The molecule has 0 heterocycles. The maximum Gasteiger partial charge on any atom is 0.130 e. The molecule has 0 aliphatic heterocycles. The van der Waals surface area contributed by atoms with Gasteiger partial charge in [-0.1, -0.05) is 73.8 Å². The minimum Gasteiger partial charge on any atom is -0.490 e. The van der Waals surface area contributed by atoms with Crippen LogP contribution in [-0.4, -0.2) is 35.6 Å². The van der Waals surface area contributed by atoms with Gasteiger partial charge in [0.1, 0.15) is 36.2 Å². The summed E-state index contributed by atoms with van der Waals surface area (Å²) in [6, 6.07) is 27.9. The molecule has 1 aliphatic carbocycles. The first-order valence-corrected chi connectivity index (χ1v) is 13.6. The zero-order chi connectivity index (χ0) is 29.0. The fourth-order valence-corrected chi connectivity index (χ4v) is 5.58. The van der Waals surface area contributed by atoms with Gasteiger partial charge in [-0.3, -0.25) is 0 Å². The fourth-order valence-electron chi connectivity index (χ4n) is 5.58. The molecule has 2 unspecified atom stereocenters. The van der Waals surface area contributed by atoms with Gasteiger partial charge in [0.2, 0.25) is 0 Å². The maximum absolute atomic E-state index is 10.1. The first kappa shape index (κ1) is 28.0. The molecule has 6 nitrogen and oxygen atoms in total. The zero-order valence-electron chi connectivity index (χ0n) is 23.2. The van der Waals surface area contributed by atoms with E-state index < -0.39 is 17.6 Å². The van der Waals surface area contributed by atoms with Gasteiger partial charge in [0.15, 0.2) is 0 Å². The van der Waals surface area contributed by atoms with Crippen molar-refractivity contribution in [3.05, 3.63) is 133 Å². The van der Waals surface area contributed by atoms with E-state index in [4.69, 9.17) is 18.9 Å². The normalized spacial score (nSPS) is 14.2. The summed E-state index contributed by atoms with van der Waals surface area (Å²) in [7, 11) is 0. The summed E-state index contributed by atoms with van der Waals surface area (Å²) in [5, 5.41) is 20.3. The van der Waals surface area contributed by atoms with Crippen molar-refractivity contribution in [2.75, 3.05) is 13.2 Å². The summed E-state index contributed by atoms with van der Waals surface area (Å²) in [5.74, 6) is 2.20. The fraction of sp³-hybridized carbons (Fsp3) is 0.200. The molecule has 4 aromatic carbocycles. The molecule has 5 rings (SSSR count). The van der Waals surface area contributed by atoms with Crippen LogP contribution in [0.1, 0.15) is 36.1 Å². The SMILES string of the molecule is C=COc1ccc(C2(c3ccc(OC=C)cc3OCC(C)O)c3ccccc3-c3ccccc32)c(OCC(C)O)c1. The molecule has 2 atom stereocenters. The Labute approximate surface area is 240 Å². The molecule has 0 aromatic heterocycles. The Morgan fingerprint density at radius 1 is 0.634 bits per heavy atom. The van der Waals surface area contributed by atoms with E-state index in [1.54, 1.807) is 13.8 Å². The lowest BCUT2D eigenvalue weighted by molar-refractivity contribution is 0.120. The minimum absolute atomic E-state index is 0.0847. The summed E-state index contributed by atoms with van der Waals surface area (Å²) in [5.41, 5.74) is 5.04. The second-order valence-electron chi connectivity index (χ2n) is 10.0. The number of hydrogen-bond donors (Lipinski definition) is 2. The predicted octanol–water partition coefficient (Wildman–Crippen LogP) is 6.61. The van der Waals surface area contributed by atoms with Crippen LogP contribution in [0.2, 0.25) is 0 Å². The van der Waals surface area contributed by atoms with E-state index >= 15 is 0 Å². The van der Waals surface area contributed by atoms with Gasteiger partial charge in [-0.15, -0.1) is 0 Å². The van der Waals surface area contributed by atoms with Crippen molar-refractivity contribution in [1.82, 2.24) is 0 Å². The molecule has 4 aromatic rings. The molecule has 0 radical (unpaired) electrons. The van der Waals surface area contributed by atoms with Crippen LogP contribution in [0.4, 0.5) is 0 Å². The van der Waals surface area contributed by atoms with Crippen LogP contribution < -0.4 is 18.9 Å².